The second kappa shape index (κ2) is 6.33. The van der Waals surface area contributed by atoms with Crippen LogP contribution in [0.5, 0.6) is 0 Å². The van der Waals surface area contributed by atoms with Crippen LogP contribution in [0.4, 0.5) is 5.69 Å². The Balaban J connectivity index is 2.68. The smallest absolute Gasteiger partial charge is 0.328 e. The Morgan fingerprint density at radius 1 is 1.47 bits per heavy atom. The van der Waals surface area contributed by atoms with Crippen molar-refractivity contribution in [2.75, 3.05) is 18.5 Å². The van der Waals surface area contributed by atoms with E-state index in [0.717, 1.165) is 17.3 Å². The number of aliphatic carboxylic acids is 1. The molecule has 0 unspecified atom stereocenters. The van der Waals surface area contributed by atoms with E-state index in [1.807, 2.05) is 36.2 Å². The Bertz CT molecular complexity index is 443. The van der Waals surface area contributed by atoms with Gasteiger partial charge in [-0.15, -0.1) is 0 Å². The molecule has 1 N–H and O–H groups in total. The van der Waals surface area contributed by atoms with Crippen LogP contribution in [-0.4, -0.2) is 24.7 Å². The second-order valence-electron chi connectivity index (χ2n) is 3.59. The summed E-state index contributed by atoms with van der Waals surface area (Å²) in [6, 6.07) is 9.59. The summed E-state index contributed by atoms with van der Waals surface area (Å²) in [5.74, 6) is -0.958. The van der Waals surface area contributed by atoms with Crippen LogP contribution >= 0.6 is 0 Å². The van der Waals surface area contributed by atoms with E-state index in [2.05, 4.69) is 6.07 Å². The number of carboxylic acids is 1. The highest BCUT2D eigenvalue weighted by molar-refractivity contribution is 5.85. The SMILES string of the molecule is CN(CCC#N)c1ccc(C=CC(=O)O)cc1. The number of benzene rings is 1. The van der Waals surface area contributed by atoms with Crippen molar-refractivity contribution in [2.45, 2.75) is 6.42 Å². The van der Waals surface area contributed by atoms with Crippen LogP contribution < -0.4 is 4.90 Å². The van der Waals surface area contributed by atoms with Crippen LogP contribution in [0.25, 0.3) is 6.08 Å². The van der Waals surface area contributed by atoms with Crippen molar-refractivity contribution in [3.63, 3.8) is 0 Å². The van der Waals surface area contributed by atoms with Gasteiger partial charge in [0.1, 0.15) is 0 Å². The molecule has 17 heavy (non-hydrogen) atoms. The van der Waals surface area contributed by atoms with Gasteiger partial charge in [-0.25, -0.2) is 4.79 Å². The van der Waals surface area contributed by atoms with E-state index >= 15 is 0 Å². The lowest BCUT2D eigenvalue weighted by Crippen LogP contribution is -2.17. The third-order valence-electron chi connectivity index (χ3n) is 2.31. The third kappa shape index (κ3) is 4.39. The number of nitrogens with zero attached hydrogens (tertiary/aromatic N) is 2. The van der Waals surface area contributed by atoms with Crippen molar-refractivity contribution in [1.29, 1.82) is 5.26 Å². The standard InChI is InChI=1S/C13H14N2O2/c1-15(10-2-9-14)12-6-3-11(4-7-12)5-8-13(16)17/h3-8H,2,10H2,1H3,(H,16,17). The number of hydrogen-bond donors (Lipinski definition) is 1. The van der Waals surface area contributed by atoms with Gasteiger partial charge in [0.05, 0.1) is 12.5 Å². The molecule has 0 aliphatic heterocycles. The lowest BCUT2D eigenvalue weighted by molar-refractivity contribution is -0.131. The molecule has 4 nitrogen and oxygen atoms in total. The zero-order valence-corrected chi connectivity index (χ0v) is 9.63. The molecule has 0 saturated carbocycles. The minimum Gasteiger partial charge on any atom is -0.478 e. The van der Waals surface area contributed by atoms with Crippen molar-refractivity contribution < 1.29 is 9.90 Å². The van der Waals surface area contributed by atoms with Gasteiger partial charge in [0, 0.05) is 25.4 Å². The number of anilines is 1. The summed E-state index contributed by atoms with van der Waals surface area (Å²) >= 11 is 0. The molecule has 4 heteroatoms. The molecule has 0 aliphatic carbocycles. The van der Waals surface area contributed by atoms with Crippen LogP contribution in [0.1, 0.15) is 12.0 Å². The molecule has 0 spiro atoms. The van der Waals surface area contributed by atoms with Gasteiger partial charge < -0.3 is 10.0 Å². The highest BCUT2D eigenvalue weighted by atomic mass is 16.4. The van der Waals surface area contributed by atoms with Crippen molar-refractivity contribution in [3.8, 4) is 6.07 Å². The van der Waals surface area contributed by atoms with Crippen molar-refractivity contribution in [1.82, 2.24) is 0 Å². The monoisotopic (exact) mass is 230 g/mol. The van der Waals surface area contributed by atoms with Gasteiger partial charge >= 0.3 is 5.97 Å². The first-order valence-corrected chi connectivity index (χ1v) is 5.22. The number of carbonyl (C=O) groups is 1. The van der Waals surface area contributed by atoms with Gasteiger partial charge in [-0.05, 0) is 23.8 Å². The number of hydrogen-bond acceptors (Lipinski definition) is 3. The fraction of sp³-hybridized carbons (Fsp3) is 0.231. The molecule has 0 bridgehead atoms. The van der Waals surface area contributed by atoms with E-state index in [1.165, 1.54) is 0 Å². The Kier molecular flexibility index (Phi) is 4.77. The molecule has 88 valence electrons. The van der Waals surface area contributed by atoms with Crippen LogP contribution in [-0.2, 0) is 4.79 Å². The summed E-state index contributed by atoms with van der Waals surface area (Å²) in [7, 11) is 1.92. The number of carboxylic acid groups (broad SMARTS) is 1. The van der Waals surface area contributed by atoms with E-state index in [0.29, 0.717) is 13.0 Å². The topological polar surface area (TPSA) is 64.3 Å². The Hall–Kier alpha value is -2.28. The highest BCUT2D eigenvalue weighted by Gasteiger charge is 1.99. The van der Waals surface area contributed by atoms with Crippen LogP contribution in [0.15, 0.2) is 30.3 Å². The first kappa shape index (κ1) is 12.8. The van der Waals surface area contributed by atoms with Gasteiger partial charge in [0.2, 0.25) is 0 Å². The fourth-order valence-corrected chi connectivity index (χ4v) is 1.35. The van der Waals surface area contributed by atoms with Gasteiger partial charge in [0.25, 0.3) is 0 Å². The van der Waals surface area contributed by atoms with Gasteiger partial charge in [0.15, 0.2) is 0 Å². The molecule has 0 amide bonds. The normalized spacial score (nSPS) is 10.1. The predicted octanol–water partition coefficient (Wildman–Crippen LogP) is 2.13. The maximum Gasteiger partial charge on any atom is 0.328 e. The van der Waals surface area contributed by atoms with Crippen molar-refractivity contribution >= 4 is 17.7 Å². The average molecular weight is 230 g/mol. The molecule has 1 aromatic carbocycles. The first-order chi connectivity index (χ1) is 8.13. The predicted molar refractivity (Wildman–Crippen MR) is 66.6 cm³/mol. The summed E-state index contributed by atoms with van der Waals surface area (Å²) in [6.45, 7) is 0.681. The summed E-state index contributed by atoms with van der Waals surface area (Å²) < 4.78 is 0. The molecule has 0 aliphatic rings. The summed E-state index contributed by atoms with van der Waals surface area (Å²) in [5.41, 5.74) is 1.84. The second-order valence-corrected chi connectivity index (χ2v) is 3.59. The molecule has 0 fully saturated rings. The van der Waals surface area contributed by atoms with E-state index in [1.54, 1.807) is 6.08 Å². The van der Waals surface area contributed by atoms with E-state index in [-0.39, 0.29) is 0 Å². The molecule has 0 atom stereocenters. The molecule has 0 radical (unpaired) electrons. The number of nitriles is 1. The maximum atomic E-state index is 10.3. The minimum absolute atomic E-state index is 0.483. The van der Waals surface area contributed by atoms with E-state index in [9.17, 15) is 4.79 Å². The lowest BCUT2D eigenvalue weighted by atomic mass is 10.2. The molecule has 1 aromatic rings. The molecular formula is C13H14N2O2. The molecule has 0 heterocycles. The Morgan fingerprint density at radius 3 is 2.65 bits per heavy atom. The minimum atomic E-state index is -0.958. The van der Waals surface area contributed by atoms with Crippen molar-refractivity contribution in [2.24, 2.45) is 0 Å². The largest absolute Gasteiger partial charge is 0.478 e. The van der Waals surface area contributed by atoms with Crippen LogP contribution in [0.2, 0.25) is 0 Å². The summed E-state index contributed by atoms with van der Waals surface area (Å²) in [6.07, 6.45) is 3.13. The molecule has 1 rings (SSSR count). The summed E-state index contributed by atoms with van der Waals surface area (Å²) in [4.78, 5) is 12.3. The lowest BCUT2D eigenvalue weighted by Gasteiger charge is -2.17. The highest BCUT2D eigenvalue weighted by Crippen LogP contribution is 2.14. The van der Waals surface area contributed by atoms with Gasteiger partial charge in [-0.3, -0.25) is 0 Å². The zero-order chi connectivity index (χ0) is 12.7. The summed E-state index contributed by atoms with van der Waals surface area (Å²) in [5, 5.41) is 17.0. The van der Waals surface area contributed by atoms with Crippen LogP contribution in [0, 0.1) is 11.3 Å². The van der Waals surface area contributed by atoms with Crippen LogP contribution in [0.3, 0.4) is 0 Å². The molecular weight excluding hydrogens is 216 g/mol. The first-order valence-electron chi connectivity index (χ1n) is 5.22. The van der Waals surface area contributed by atoms with Gasteiger partial charge in [-0.1, -0.05) is 12.1 Å². The maximum absolute atomic E-state index is 10.3. The average Bonchev–Trinajstić information content (AvgIpc) is 2.34. The Labute approximate surface area is 100 Å². The Morgan fingerprint density at radius 2 is 2.12 bits per heavy atom. The fourth-order valence-electron chi connectivity index (χ4n) is 1.35. The molecule has 0 aromatic heterocycles. The number of rotatable bonds is 5. The zero-order valence-electron chi connectivity index (χ0n) is 9.63. The van der Waals surface area contributed by atoms with Gasteiger partial charge in [-0.2, -0.15) is 5.26 Å². The van der Waals surface area contributed by atoms with E-state index < -0.39 is 5.97 Å². The molecule has 0 saturated heterocycles. The quantitative estimate of drug-likeness (QED) is 0.787. The van der Waals surface area contributed by atoms with Crippen molar-refractivity contribution in [3.05, 3.63) is 35.9 Å². The third-order valence-corrected chi connectivity index (χ3v) is 2.31. The van der Waals surface area contributed by atoms with E-state index in [4.69, 9.17) is 10.4 Å².